The van der Waals surface area contributed by atoms with Crippen LogP contribution in [0.5, 0.6) is 0 Å². The van der Waals surface area contributed by atoms with Gasteiger partial charge in [0, 0.05) is 45.5 Å². The van der Waals surface area contributed by atoms with Crippen molar-refractivity contribution in [2.24, 2.45) is 0 Å². The maximum absolute atomic E-state index is 12.7. The number of anilines is 1. The molecule has 0 saturated carbocycles. The van der Waals surface area contributed by atoms with Crippen molar-refractivity contribution in [2.45, 2.75) is 0 Å². The molecule has 2 aromatic rings. The quantitative estimate of drug-likeness (QED) is 0.693. The van der Waals surface area contributed by atoms with Gasteiger partial charge in [-0.1, -0.05) is 11.3 Å². The summed E-state index contributed by atoms with van der Waals surface area (Å²) < 4.78 is 11.9. The number of carbonyl (C=O) groups excluding carboxylic acids is 1. The topological polar surface area (TPSA) is 101 Å². The number of fused-ring (bicyclic) bond motifs is 1. The van der Waals surface area contributed by atoms with Gasteiger partial charge in [0.15, 0.2) is 0 Å². The summed E-state index contributed by atoms with van der Waals surface area (Å²) in [6.45, 7) is 7.05. The van der Waals surface area contributed by atoms with Gasteiger partial charge in [0.1, 0.15) is 5.56 Å². The molecule has 0 bridgehead atoms. The molecule has 0 unspecified atom stereocenters. The summed E-state index contributed by atoms with van der Waals surface area (Å²) in [6.07, 6.45) is 1.34. The number of carbonyl (C=O) groups is 1. The minimum Gasteiger partial charge on any atom is -0.379 e. The van der Waals surface area contributed by atoms with Gasteiger partial charge in [0.05, 0.1) is 26.4 Å². The lowest BCUT2D eigenvalue weighted by Crippen LogP contribution is -2.42. The molecule has 2 aromatic heterocycles. The molecular formula is C16H22N6O4S. The maximum atomic E-state index is 12.7. The summed E-state index contributed by atoms with van der Waals surface area (Å²) in [5.41, 5.74) is -0.437. The lowest BCUT2D eigenvalue weighted by atomic mass is 10.3. The average molecular weight is 394 g/mol. The van der Waals surface area contributed by atoms with Crippen molar-refractivity contribution in [3.8, 4) is 0 Å². The molecular weight excluding hydrogens is 372 g/mol. The standard InChI is InChI=1S/C16H22N6O4S/c23-13(17-1-2-20-3-7-25-8-4-20)12-11-18-15-22(14(12)24)19-16(27-15)21-5-9-26-10-6-21/h11H,1-10H2,(H,17,23). The number of rotatable bonds is 5. The van der Waals surface area contributed by atoms with E-state index < -0.39 is 11.5 Å². The smallest absolute Gasteiger partial charge is 0.288 e. The van der Waals surface area contributed by atoms with Gasteiger partial charge in [0.2, 0.25) is 10.1 Å². The summed E-state index contributed by atoms with van der Waals surface area (Å²) in [5, 5.41) is 7.87. The second-order valence-corrected chi connectivity index (χ2v) is 7.30. The normalized spacial score (nSPS) is 18.7. The highest BCUT2D eigenvalue weighted by Gasteiger charge is 2.20. The molecule has 2 fully saturated rings. The predicted octanol–water partition coefficient (Wildman–Crippen LogP) is -0.950. The van der Waals surface area contributed by atoms with Crippen LogP contribution in [0.2, 0.25) is 0 Å². The van der Waals surface area contributed by atoms with Gasteiger partial charge in [-0.2, -0.15) is 4.52 Å². The van der Waals surface area contributed by atoms with Crippen LogP contribution in [-0.2, 0) is 9.47 Å². The van der Waals surface area contributed by atoms with E-state index in [9.17, 15) is 9.59 Å². The van der Waals surface area contributed by atoms with Crippen molar-refractivity contribution < 1.29 is 14.3 Å². The fourth-order valence-electron chi connectivity index (χ4n) is 3.06. The van der Waals surface area contributed by atoms with E-state index in [1.54, 1.807) is 0 Å². The van der Waals surface area contributed by atoms with Crippen LogP contribution in [0.15, 0.2) is 11.0 Å². The molecule has 2 aliphatic heterocycles. The molecule has 0 atom stereocenters. The molecule has 0 spiro atoms. The molecule has 4 rings (SSSR count). The average Bonchev–Trinajstić information content (AvgIpc) is 3.15. The van der Waals surface area contributed by atoms with E-state index in [1.165, 1.54) is 22.0 Å². The fourth-order valence-corrected chi connectivity index (χ4v) is 3.97. The number of hydrogen-bond donors (Lipinski definition) is 1. The van der Waals surface area contributed by atoms with Crippen LogP contribution in [0.3, 0.4) is 0 Å². The maximum Gasteiger partial charge on any atom is 0.288 e. The Kier molecular flexibility index (Phi) is 5.62. The molecule has 4 heterocycles. The van der Waals surface area contributed by atoms with E-state index in [4.69, 9.17) is 9.47 Å². The Morgan fingerprint density at radius 1 is 1.15 bits per heavy atom. The van der Waals surface area contributed by atoms with Gasteiger partial charge in [-0.3, -0.25) is 14.5 Å². The molecule has 27 heavy (non-hydrogen) atoms. The molecule has 0 aliphatic carbocycles. The van der Waals surface area contributed by atoms with E-state index in [0.29, 0.717) is 43.1 Å². The van der Waals surface area contributed by atoms with E-state index in [2.05, 4.69) is 25.2 Å². The number of aromatic nitrogens is 3. The Hall–Kier alpha value is -2.08. The van der Waals surface area contributed by atoms with Crippen LogP contribution in [-0.4, -0.2) is 91.1 Å². The molecule has 11 heteroatoms. The Morgan fingerprint density at radius 3 is 2.59 bits per heavy atom. The highest BCUT2D eigenvalue weighted by atomic mass is 32.1. The molecule has 146 valence electrons. The fraction of sp³-hybridized carbons (Fsp3) is 0.625. The van der Waals surface area contributed by atoms with Gasteiger partial charge in [-0.25, -0.2) is 4.98 Å². The highest BCUT2D eigenvalue weighted by molar-refractivity contribution is 7.20. The third-order valence-electron chi connectivity index (χ3n) is 4.62. The van der Waals surface area contributed by atoms with Gasteiger partial charge in [0.25, 0.3) is 11.5 Å². The summed E-state index contributed by atoms with van der Waals surface area (Å²) in [7, 11) is 0. The van der Waals surface area contributed by atoms with Gasteiger partial charge < -0.3 is 19.7 Å². The first-order chi connectivity index (χ1) is 13.2. The van der Waals surface area contributed by atoms with Crippen molar-refractivity contribution in [3.05, 3.63) is 22.1 Å². The van der Waals surface area contributed by atoms with Crippen molar-refractivity contribution in [1.82, 2.24) is 24.8 Å². The van der Waals surface area contributed by atoms with Crippen LogP contribution in [0.4, 0.5) is 5.13 Å². The van der Waals surface area contributed by atoms with Crippen LogP contribution >= 0.6 is 11.3 Å². The van der Waals surface area contributed by atoms with E-state index in [0.717, 1.165) is 32.7 Å². The first kappa shape index (κ1) is 18.3. The van der Waals surface area contributed by atoms with Gasteiger partial charge in [-0.05, 0) is 0 Å². The Bertz CT molecular complexity index is 856. The monoisotopic (exact) mass is 394 g/mol. The number of nitrogens with one attached hydrogen (secondary N) is 1. The number of amides is 1. The summed E-state index contributed by atoms with van der Waals surface area (Å²) in [5.74, 6) is -0.420. The zero-order chi connectivity index (χ0) is 18.6. The van der Waals surface area contributed by atoms with E-state index in [-0.39, 0.29) is 5.56 Å². The van der Waals surface area contributed by atoms with Crippen molar-refractivity contribution >= 4 is 27.3 Å². The summed E-state index contributed by atoms with van der Waals surface area (Å²) in [4.78, 5) is 34.1. The first-order valence-corrected chi connectivity index (χ1v) is 9.84. The molecule has 0 radical (unpaired) electrons. The van der Waals surface area contributed by atoms with Crippen LogP contribution in [0.1, 0.15) is 10.4 Å². The lowest BCUT2D eigenvalue weighted by molar-refractivity contribution is 0.0383. The number of nitrogens with zero attached hydrogens (tertiary/aromatic N) is 5. The predicted molar refractivity (Wildman–Crippen MR) is 99.8 cm³/mol. The Morgan fingerprint density at radius 2 is 1.85 bits per heavy atom. The van der Waals surface area contributed by atoms with Crippen molar-refractivity contribution in [1.29, 1.82) is 0 Å². The van der Waals surface area contributed by atoms with Crippen molar-refractivity contribution in [2.75, 3.05) is 70.6 Å². The Labute approximate surface area is 159 Å². The zero-order valence-corrected chi connectivity index (χ0v) is 15.7. The third kappa shape index (κ3) is 4.10. The van der Waals surface area contributed by atoms with Crippen LogP contribution < -0.4 is 15.8 Å². The van der Waals surface area contributed by atoms with Crippen LogP contribution in [0, 0.1) is 0 Å². The second-order valence-electron chi connectivity index (χ2n) is 6.37. The summed E-state index contributed by atoms with van der Waals surface area (Å²) in [6, 6.07) is 0. The molecule has 1 amide bonds. The SMILES string of the molecule is O=C(NCCN1CCOCC1)c1cnc2sc(N3CCOCC3)nn2c1=O. The highest BCUT2D eigenvalue weighted by Crippen LogP contribution is 2.21. The van der Waals surface area contributed by atoms with Crippen molar-refractivity contribution in [3.63, 3.8) is 0 Å². The Balaban J connectivity index is 1.44. The molecule has 10 nitrogen and oxygen atoms in total. The largest absolute Gasteiger partial charge is 0.379 e. The lowest BCUT2D eigenvalue weighted by Gasteiger charge is -2.26. The minimum absolute atomic E-state index is 0.00769. The number of hydrogen-bond acceptors (Lipinski definition) is 9. The molecule has 1 N–H and O–H groups in total. The van der Waals surface area contributed by atoms with Gasteiger partial charge in [-0.15, -0.1) is 5.10 Å². The zero-order valence-electron chi connectivity index (χ0n) is 14.9. The molecule has 0 aromatic carbocycles. The van der Waals surface area contributed by atoms with Gasteiger partial charge >= 0.3 is 0 Å². The second kappa shape index (κ2) is 8.30. The molecule has 2 aliphatic rings. The van der Waals surface area contributed by atoms with Crippen LogP contribution in [0.25, 0.3) is 4.96 Å². The van der Waals surface area contributed by atoms with E-state index >= 15 is 0 Å². The molecule has 2 saturated heterocycles. The number of ether oxygens (including phenoxy) is 2. The number of morpholine rings is 2. The van der Waals surface area contributed by atoms with E-state index in [1.807, 2.05) is 0 Å². The third-order valence-corrected chi connectivity index (χ3v) is 5.60. The first-order valence-electron chi connectivity index (χ1n) is 9.02. The minimum atomic E-state index is -0.445. The summed E-state index contributed by atoms with van der Waals surface area (Å²) >= 11 is 1.34.